The molecule has 0 spiro atoms. The number of benzene rings is 1. The lowest BCUT2D eigenvalue weighted by Gasteiger charge is -2.32. The Morgan fingerprint density at radius 3 is 3.00 bits per heavy atom. The van der Waals surface area contributed by atoms with Crippen molar-refractivity contribution in [3.63, 3.8) is 0 Å². The second kappa shape index (κ2) is 5.80. The maximum absolute atomic E-state index is 13.6. The van der Waals surface area contributed by atoms with Gasteiger partial charge in [-0.05, 0) is 44.0 Å². The van der Waals surface area contributed by atoms with Gasteiger partial charge in [-0.25, -0.2) is 4.39 Å². The van der Waals surface area contributed by atoms with Crippen LogP contribution in [0.4, 0.5) is 4.39 Å². The Bertz CT molecular complexity index is 363. The Balaban J connectivity index is 2.05. The molecule has 0 aromatic heterocycles. The van der Waals surface area contributed by atoms with Crippen molar-refractivity contribution in [2.24, 2.45) is 11.7 Å². The molecule has 0 radical (unpaired) electrons. The minimum atomic E-state index is -0.215. The Morgan fingerprint density at radius 2 is 2.29 bits per heavy atom. The van der Waals surface area contributed by atoms with Crippen molar-refractivity contribution in [2.45, 2.75) is 19.4 Å². The zero-order valence-corrected chi connectivity index (χ0v) is 10.6. The summed E-state index contributed by atoms with van der Waals surface area (Å²) < 4.78 is 13.6. The zero-order valence-electron chi connectivity index (χ0n) is 9.83. The van der Waals surface area contributed by atoms with Crippen LogP contribution in [0.15, 0.2) is 18.2 Å². The zero-order chi connectivity index (χ0) is 12.3. The molecular weight excluding hydrogens is 239 g/mol. The maximum atomic E-state index is 13.6. The van der Waals surface area contributed by atoms with Crippen LogP contribution in [0.2, 0.25) is 5.02 Å². The van der Waals surface area contributed by atoms with Crippen LogP contribution in [-0.2, 0) is 6.54 Å². The summed E-state index contributed by atoms with van der Waals surface area (Å²) in [5.74, 6) is 0.321. The number of rotatable bonds is 3. The average Bonchev–Trinajstić information content (AvgIpc) is 2.34. The van der Waals surface area contributed by atoms with Gasteiger partial charge in [0.15, 0.2) is 0 Å². The fourth-order valence-electron chi connectivity index (χ4n) is 2.39. The number of halogens is 2. The minimum absolute atomic E-state index is 0.215. The number of nitrogens with two attached hydrogens (primary N) is 1. The molecule has 2 N–H and O–H groups in total. The molecule has 1 unspecified atom stereocenters. The Hall–Kier alpha value is -0.640. The highest BCUT2D eigenvalue weighted by atomic mass is 35.5. The van der Waals surface area contributed by atoms with Gasteiger partial charge < -0.3 is 5.73 Å². The lowest BCUT2D eigenvalue weighted by molar-refractivity contribution is 0.169. The fraction of sp³-hybridized carbons (Fsp3) is 0.538. The van der Waals surface area contributed by atoms with Crippen LogP contribution >= 0.6 is 11.6 Å². The van der Waals surface area contributed by atoms with Gasteiger partial charge in [0, 0.05) is 23.7 Å². The smallest absolute Gasteiger partial charge is 0.129 e. The number of piperidine rings is 1. The van der Waals surface area contributed by atoms with Crippen molar-refractivity contribution in [2.75, 3.05) is 19.6 Å². The van der Waals surface area contributed by atoms with E-state index in [1.807, 2.05) is 0 Å². The molecule has 1 saturated heterocycles. The third-order valence-electron chi connectivity index (χ3n) is 3.38. The lowest BCUT2D eigenvalue weighted by atomic mass is 9.98. The van der Waals surface area contributed by atoms with Crippen molar-refractivity contribution < 1.29 is 4.39 Å². The van der Waals surface area contributed by atoms with Gasteiger partial charge in [-0.3, -0.25) is 4.90 Å². The molecule has 0 aliphatic carbocycles. The topological polar surface area (TPSA) is 29.3 Å². The highest BCUT2D eigenvalue weighted by molar-refractivity contribution is 6.31. The summed E-state index contributed by atoms with van der Waals surface area (Å²) in [5.41, 5.74) is 6.30. The summed E-state index contributed by atoms with van der Waals surface area (Å²) >= 11 is 6.03. The van der Waals surface area contributed by atoms with E-state index in [1.54, 1.807) is 12.1 Å². The first-order valence-electron chi connectivity index (χ1n) is 6.06. The molecule has 0 amide bonds. The largest absolute Gasteiger partial charge is 0.330 e. The van der Waals surface area contributed by atoms with Gasteiger partial charge in [0.05, 0.1) is 0 Å². The molecule has 1 aromatic rings. The fourth-order valence-corrected chi connectivity index (χ4v) is 2.62. The number of hydrogen-bond donors (Lipinski definition) is 1. The standard InChI is InChI=1S/C13H18ClFN2/c14-12-4-1-5-13(15)11(12)9-17-6-2-3-10(7-16)8-17/h1,4-5,10H,2-3,6-9,16H2. The molecule has 1 fully saturated rings. The molecule has 94 valence electrons. The van der Waals surface area contributed by atoms with Crippen LogP contribution in [0.5, 0.6) is 0 Å². The van der Waals surface area contributed by atoms with Gasteiger partial charge in [-0.15, -0.1) is 0 Å². The lowest BCUT2D eigenvalue weighted by Crippen LogP contribution is -2.38. The monoisotopic (exact) mass is 256 g/mol. The van der Waals surface area contributed by atoms with Crippen LogP contribution in [0.1, 0.15) is 18.4 Å². The van der Waals surface area contributed by atoms with E-state index in [1.165, 1.54) is 12.5 Å². The van der Waals surface area contributed by atoms with E-state index in [0.29, 0.717) is 29.6 Å². The molecule has 4 heteroatoms. The third-order valence-corrected chi connectivity index (χ3v) is 3.73. The maximum Gasteiger partial charge on any atom is 0.129 e. The van der Waals surface area contributed by atoms with Crippen molar-refractivity contribution >= 4 is 11.6 Å². The van der Waals surface area contributed by atoms with Crippen molar-refractivity contribution in [1.29, 1.82) is 0 Å². The molecule has 2 nitrogen and oxygen atoms in total. The van der Waals surface area contributed by atoms with E-state index < -0.39 is 0 Å². The van der Waals surface area contributed by atoms with E-state index in [9.17, 15) is 4.39 Å². The number of nitrogens with zero attached hydrogens (tertiary/aromatic N) is 1. The summed E-state index contributed by atoms with van der Waals surface area (Å²) in [4.78, 5) is 2.24. The van der Waals surface area contributed by atoms with Crippen molar-refractivity contribution in [3.05, 3.63) is 34.6 Å². The highest BCUT2D eigenvalue weighted by Gasteiger charge is 2.20. The first-order chi connectivity index (χ1) is 8.20. The SMILES string of the molecule is NCC1CCCN(Cc2c(F)cccc2Cl)C1. The van der Waals surface area contributed by atoms with Gasteiger partial charge in [0.1, 0.15) is 5.82 Å². The quantitative estimate of drug-likeness (QED) is 0.901. The summed E-state index contributed by atoms with van der Waals surface area (Å²) in [6.45, 7) is 3.24. The van der Waals surface area contributed by atoms with E-state index in [0.717, 1.165) is 19.5 Å². The second-order valence-electron chi connectivity index (χ2n) is 4.68. The molecule has 1 heterocycles. The van der Waals surface area contributed by atoms with E-state index in [-0.39, 0.29) is 5.82 Å². The molecule has 1 atom stereocenters. The summed E-state index contributed by atoms with van der Waals surface area (Å²) in [7, 11) is 0. The molecule has 2 rings (SSSR count). The van der Waals surface area contributed by atoms with Crippen LogP contribution in [0.3, 0.4) is 0 Å². The van der Waals surface area contributed by atoms with Gasteiger partial charge in [-0.2, -0.15) is 0 Å². The normalized spacial score (nSPS) is 21.7. The van der Waals surface area contributed by atoms with E-state index >= 15 is 0 Å². The molecule has 0 saturated carbocycles. The second-order valence-corrected chi connectivity index (χ2v) is 5.09. The molecule has 17 heavy (non-hydrogen) atoms. The molecule has 0 bridgehead atoms. The Kier molecular flexibility index (Phi) is 4.37. The van der Waals surface area contributed by atoms with E-state index in [4.69, 9.17) is 17.3 Å². The number of hydrogen-bond acceptors (Lipinski definition) is 2. The molecular formula is C13H18ClFN2. The van der Waals surface area contributed by atoms with Gasteiger partial charge >= 0.3 is 0 Å². The van der Waals surface area contributed by atoms with Crippen LogP contribution in [-0.4, -0.2) is 24.5 Å². The minimum Gasteiger partial charge on any atom is -0.330 e. The molecule has 1 aliphatic rings. The predicted octanol–water partition coefficient (Wildman–Crippen LogP) is 2.65. The van der Waals surface area contributed by atoms with Gasteiger partial charge in [-0.1, -0.05) is 17.7 Å². The molecule has 1 aromatic carbocycles. The number of likely N-dealkylation sites (tertiary alicyclic amines) is 1. The van der Waals surface area contributed by atoms with E-state index in [2.05, 4.69) is 4.90 Å². The van der Waals surface area contributed by atoms with Crippen molar-refractivity contribution in [1.82, 2.24) is 4.90 Å². The first-order valence-corrected chi connectivity index (χ1v) is 6.44. The van der Waals surface area contributed by atoms with Gasteiger partial charge in [0.2, 0.25) is 0 Å². The van der Waals surface area contributed by atoms with Crippen molar-refractivity contribution in [3.8, 4) is 0 Å². The summed E-state index contributed by atoms with van der Waals surface area (Å²) in [6, 6.07) is 4.84. The van der Waals surface area contributed by atoms with Crippen LogP contribution in [0, 0.1) is 11.7 Å². The predicted molar refractivity (Wildman–Crippen MR) is 68.5 cm³/mol. The average molecular weight is 257 g/mol. The van der Waals surface area contributed by atoms with Crippen LogP contribution < -0.4 is 5.73 Å². The summed E-state index contributed by atoms with van der Waals surface area (Å²) in [5, 5.41) is 0.514. The first kappa shape index (κ1) is 12.8. The molecule has 1 aliphatic heterocycles. The van der Waals surface area contributed by atoms with Gasteiger partial charge in [0.25, 0.3) is 0 Å². The Morgan fingerprint density at radius 1 is 1.47 bits per heavy atom. The van der Waals surface area contributed by atoms with Crippen LogP contribution in [0.25, 0.3) is 0 Å². The summed E-state index contributed by atoms with van der Waals surface area (Å²) in [6.07, 6.45) is 2.31. The highest BCUT2D eigenvalue weighted by Crippen LogP contribution is 2.23. The Labute approximate surface area is 107 Å². The third kappa shape index (κ3) is 3.18.